The van der Waals surface area contributed by atoms with Crippen LogP contribution in [0.15, 0.2) is 45.1 Å². The van der Waals surface area contributed by atoms with Gasteiger partial charge in [-0.1, -0.05) is 28.1 Å². The van der Waals surface area contributed by atoms with Crippen LogP contribution >= 0.6 is 27.3 Å². The summed E-state index contributed by atoms with van der Waals surface area (Å²) < 4.78 is 27.1. The fraction of sp³-hybridized carbons (Fsp3) is 0.231. The van der Waals surface area contributed by atoms with Gasteiger partial charge in [0, 0.05) is 22.9 Å². The Balaban J connectivity index is 2.26. The zero-order valence-corrected chi connectivity index (χ0v) is 14.0. The lowest BCUT2D eigenvalue weighted by molar-refractivity contribution is 0.282. The van der Waals surface area contributed by atoms with Crippen molar-refractivity contribution in [1.29, 1.82) is 0 Å². The van der Waals surface area contributed by atoms with Crippen molar-refractivity contribution in [3.63, 3.8) is 0 Å². The van der Waals surface area contributed by atoms with Crippen LogP contribution in [0.3, 0.4) is 0 Å². The zero-order valence-electron chi connectivity index (χ0n) is 10.8. The van der Waals surface area contributed by atoms with Crippen molar-refractivity contribution >= 4 is 37.3 Å². The Kier molecular flexibility index (Phi) is 4.98. The van der Waals surface area contributed by atoms with Gasteiger partial charge in [-0.05, 0) is 29.1 Å². The summed E-state index contributed by atoms with van der Waals surface area (Å²) in [5.41, 5.74) is 0.895. The largest absolute Gasteiger partial charge is 0.391 e. The molecule has 0 spiro atoms. The van der Waals surface area contributed by atoms with Crippen molar-refractivity contribution in [3.8, 4) is 0 Å². The van der Waals surface area contributed by atoms with Crippen molar-refractivity contribution < 1.29 is 13.5 Å². The van der Waals surface area contributed by atoms with E-state index in [1.807, 2.05) is 24.3 Å². The summed E-state index contributed by atoms with van der Waals surface area (Å²) in [4.78, 5) is 0.647. The van der Waals surface area contributed by atoms with Gasteiger partial charge in [0.2, 0.25) is 10.0 Å². The van der Waals surface area contributed by atoms with Crippen LogP contribution in [0.2, 0.25) is 0 Å². The van der Waals surface area contributed by atoms with Gasteiger partial charge in [-0.15, -0.1) is 11.3 Å². The number of rotatable bonds is 5. The number of benzene rings is 1. The molecule has 0 aliphatic carbocycles. The number of halogens is 1. The minimum atomic E-state index is -3.58. The number of thiophene rings is 1. The third-order valence-corrected chi connectivity index (χ3v) is 6.25. The average molecular weight is 376 g/mol. The predicted octanol–water partition coefficient (Wildman–Crippen LogP) is 2.82. The van der Waals surface area contributed by atoms with E-state index in [1.165, 1.54) is 28.8 Å². The molecule has 1 aromatic heterocycles. The lowest BCUT2D eigenvalue weighted by atomic mass is 10.2. The third-order valence-electron chi connectivity index (χ3n) is 2.83. The maximum atomic E-state index is 12.5. The van der Waals surface area contributed by atoms with E-state index in [0.29, 0.717) is 4.88 Å². The Morgan fingerprint density at radius 3 is 2.75 bits per heavy atom. The van der Waals surface area contributed by atoms with Crippen molar-refractivity contribution in [2.24, 2.45) is 0 Å². The molecule has 7 heteroatoms. The second kappa shape index (κ2) is 6.36. The third kappa shape index (κ3) is 3.29. The fourth-order valence-corrected chi connectivity index (χ4v) is 4.69. The zero-order chi connectivity index (χ0) is 14.8. The van der Waals surface area contributed by atoms with E-state index in [9.17, 15) is 13.5 Å². The molecule has 0 saturated carbocycles. The topological polar surface area (TPSA) is 57.6 Å². The molecule has 2 rings (SSSR count). The first kappa shape index (κ1) is 15.7. The molecule has 108 valence electrons. The average Bonchev–Trinajstić information content (AvgIpc) is 2.87. The van der Waals surface area contributed by atoms with Gasteiger partial charge in [-0.25, -0.2) is 8.42 Å². The Bertz CT molecular complexity index is 697. The summed E-state index contributed by atoms with van der Waals surface area (Å²) in [5, 5.41) is 10.9. The quantitative estimate of drug-likeness (QED) is 0.873. The van der Waals surface area contributed by atoms with Crippen LogP contribution in [0.25, 0.3) is 0 Å². The highest BCUT2D eigenvalue weighted by atomic mass is 79.9. The molecule has 0 unspecified atom stereocenters. The van der Waals surface area contributed by atoms with E-state index in [4.69, 9.17) is 0 Å². The van der Waals surface area contributed by atoms with E-state index in [1.54, 1.807) is 5.38 Å². The van der Waals surface area contributed by atoms with Crippen LogP contribution in [0.5, 0.6) is 0 Å². The molecule has 20 heavy (non-hydrogen) atoms. The molecule has 1 N–H and O–H groups in total. The Morgan fingerprint density at radius 2 is 2.10 bits per heavy atom. The molecular formula is C13H14BrNO3S2. The summed E-state index contributed by atoms with van der Waals surface area (Å²) in [7, 11) is -2.04. The van der Waals surface area contributed by atoms with Crippen molar-refractivity contribution in [3.05, 3.63) is 50.6 Å². The lowest BCUT2D eigenvalue weighted by Gasteiger charge is -2.17. The summed E-state index contributed by atoms with van der Waals surface area (Å²) in [6.07, 6.45) is 0. The first-order chi connectivity index (χ1) is 9.45. The van der Waals surface area contributed by atoms with E-state index >= 15 is 0 Å². The Labute approximate surface area is 130 Å². The van der Waals surface area contributed by atoms with Crippen LogP contribution in [-0.4, -0.2) is 24.9 Å². The number of nitrogens with zero attached hydrogens (tertiary/aromatic N) is 1. The van der Waals surface area contributed by atoms with Gasteiger partial charge in [0.05, 0.1) is 11.5 Å². The Hall–Kier alpha value is -0.730. The molecular weight excluding hydrogens is 362 g/mol. The molecule has 2 aromatic rings. The van der Waals surface area contributed by atoms with Gasteiger partial charge in [-0.3, -0.25) is 0 Å². The van der Waals surface area contributed by atoms with E-state index < -0.39 is 10.0 Å². The lowest BCUT2D eigenvalue weighted by Crippen LogP contribution is -2.26. The molecule has 0 bridgehead atoms. The van der Waals surface area contributed by atoms with Crippen LogP contribution in [-0.2, 0) is 23.2 Å². The smallest absolute Gasteiger partial charge is 0.244 e. The highest BCUT2D eigenvalue weighted by Crippen LogP contribution is 2.25. The fourth-order valence-electron chi connectivity index (χ4n) is 1.82. The molecule has 1 aromatic carbocycles. The van der Waals surface area contributed by atoms with Crippen molar-refractivity contribution in [2.75, 3.05) is 7.05 Å². The monoisotopic (exact) mass is 375 g/mol. The number of hydrogen-bond donors (Lipinski definition) is 1. The van der Waals surface area contributed by atoms with E-state index in [2.05, 4.69) is 15.9 Å². The first-order valence-electron chi connectivity index (χ1n) is 5.83. The van der Waals surface area contributed by atoms with Gasteiger partial charge in [0.15, 0.2) is 0 Å². The summed E-state index contributed by atoms with van der Waals surface area (Å²) in [6, 6.07) is 9.04. The molecule has 0 radical (unpaired) electrons. The van der Waals surface area contributed by atoms with Crippen molar-refractivity contribution in [2.45, 2.75) is 18.0 Å². The molecule has 0 atom stereocenters. The molecule has 4 nitrogen and oxygen atoms in total. The summed E-state index contributed by atoms with van der Waals surface area (Å²) in [6.45, 7) is 0.0133. The normalized spacial score (nSPS) is 12.0. The molecule has 0 aliphatic rings. The first-order valence-corrected chi connectivity index (χ1v) is 8.94. The van der Waals surface area contributed by atoms with Gasteiger partial charge in [0.1, 0.15) is 0 Å². The summed E-state index contributed by atoms with van der Waals surface area (Å²) >= 11 is 4.60. The maximum absolute atomic E-state index is 12.5. The standard InChI is InChI=1S/C13H14BrNO3S2/c1-15(8-10-3-2-4-11(14)7-10)20(17,18)13-5-6-19-12(13)9-16/h2-7,16H,8-9H2,1H3. The molecule has 0 fully saturated rings. The van der Waals surface area contributed by atoms with E-state index in [0.717, 1.165) is 10.0 Å². The number of aliphatic hydroxyl groups excluding tert-OH is 1. The minimum absolute atomic E-state index is 0.183. The second-order valence-electron chi connectivity index (χ2n) is 4.26. The predicted molar refractivity (Wildman–Crippen MR) is 83.0 cm³/mol. The molecule has 0 saturated heterocycles. The minimum Gasteiger partial charge on any atom is -0.391 e. The van der Waals surface area contributed by atoms with Crippen LogP contribution in [0.4, 0.5) is 0 Å². The number of sulfonamides is 1. The van der Waals surface area contributed by atoms with E-state index in [-0.39, 0.29) is 18.0 Å². The maximum Gasteiger partial charge on any atom is 0.244 e. The molecule has 1 heterocycles. The highest BCUT2D eigenvalue weighted by molar-refractivity contribution is 9.10. The second-order valence-corrected chi connectivity index (χ2v) is 8.19. The molecule has 0 amide bonds. The van der Waals surface area contributed by atoms with Crippen LogP contribution in [0, 0.1) is 0 Å². The number of hydrogen-bond acceptors (Lipinski definition) is 4. The Morgan fingerprint density at radius 1 is 1.35 bits per heavy atom. The molecule has 0 aliphatic heterocycles. The van der Waals surface area contributed by atoms with Crippen molar-refractivity contribution in [1.82, 2.24) is 4.31 Å². The van der Waals surface area contributed by atoms with Gasteiger partial charge >= 0.3 is 0 Å². The highest BCUT2D eigenvalue weighted by Gasteiger charge is 2.24. The summed E-state index contributed by atoms with van der Waals surface area (Å²) in [5.74, 6) is 0. The van der Waals surface area contributed by atoms with Gasteiger partial charge in [-0.2, -0.15) is 4.31 Å². The SMILES string of the molecule is CN(Cc1cccc(Br)c1)S(=O)(=O)c1ccsc1CO. The van der Waals surface area contributed by atoms with Gasteiger partial charge in [0.25, 0.3) is 0 Å². The van der Waals surface area contributed by atoms with Gasteiger partial charge < -0.3 is 5.11 Å². The number of aliphatic hydroxyl groups is 1. The van der Waals surface area contributed by atoms with Crippen LogP contribution < -0.4 is 0 Å². The van der Waals surface area contributed by atoms with Crippen LogP contribution in [0.1, 0.15) is 10.4 Å².